The van der Waals surface area contributed by atoms with Crippen molar-refractivity contribution in [3.05, 3.63) is 76.6 Å². The Morgan fingerprint density at radius 1 is 1.15 bits per heavy atom. The lowest BCUT2D eigenvalue weighted by Gasteiger charge is -2.19. The van der Waals surface area contributed by atoms with E-state index < -0.39 is 0 Å². The summed E-state index contributed by atoms with van der Waals surface area (Å²) >= 11 is 5.96. The van der Waals surface area contributed by atoms with Gasteiger partial charge in [-0.05, 0) is 62.4 Å². The summed E-state index contributed by atoms with van der Waals surface area (Å²) in [6.07, 6.45) is 1.88. The van der Waals surface area contributed by atoms with Crippen molar-refractivity contribution in [1.82, 2.24) is 9.78 Å². The Morgan fingerprint density at radius 2 is 1.81 bits per heavy atom. The molecule has 0 aliphatic rings. The van der Waals surface area contributed by atoms with Gasteiger partial charge in [-0.3, -0.25) is 0 Å². The molecule has 0 radical (unpaired) electrons. The highest BCUT2D eigenvalue weighted by Crippen LogP contribution is 2.21. The van der Waals surface area contributed by atoms with Crippen molar-refractivity contribution < 1.29 is 9.53 Å². The number of aromatic nitrogens is 2. The third-order valence-electron chi connectivity index (χ3n) is 4.41. The summed E-state index contributed by atoms with van der Waals surface area (Å²) in [4.78, 5) is 13.9. The van der Waals surface area contributed by atoms with Crippen molar-refractivity contribution in [2.75, 3.05) is 18.6 Å². The zero-order chi connectivity index (χ0) is 19.4. The fraction of sp³-hybridized carbons (Fsp3) is 0.238. The molecule has 6 heteroatoms. The van der Waals surface area contributed by atoms with E-state index in [4.69, 9.17) is 16.3 Å². The van der Waals surface area contributed by atoms with Gasteiger partial charge in [-0.2, -0.15) is 5.10 Å². The number of hydrogen-bond donors (Lipinski definition) is 0. The van der Waals surface area contributed by atoms with Gasteiger partial charge in [0.2, 0.25) is 0 Å². The number of hydrogen-bond acceptors (Lipinski definition) is 4. The number of carbonyl (C=O) groups is 1. The normalized spacial score (nSPS) is 10.7. The number of halogens is 1. The SMILES string of the molecule is CCOC(=O)c1ccc(N(C)Cc2cnn(-c3ccc(Cl)cc3)c2C)cc1. The van der Waals surface area contributed by atoms with Crippen LogP contribution < -0.4 is 4.90 Å². The number of anilines is 1. The topological polar surface area (TPSA) is 47.4 Å². The van der Waals surface area contributed by atoms with Crippen molar-refractivity contribution in [3.8, 4) is 5.69 Å². The smallest absolute Gasteiger partial charge is 0.338 e. The predicted octanol–water partition coefficient (Wildman–Crippen LogP) is 4.65. The molecule has 0 bridgehead atoms. The van der Waals surface area contributed by atoms with Gasteiger partial charge in [0.1, 0.15) is 0 Å². The van der Waals surface area contributed by atoms with Crippen LogP contribution in [0.4, 0.5) is 5.69 Å². The van der Waals surface area contributed by atoms with Crippen LogP contribution in [0.3, 0.4) is 0 Å². The van der Waals surface area contributed by atoms with E-state index in [9.17, 15) is 4.79 Å². The van der Waals surface area contributed by atoms with E-state index in [0.717, 1.165) is 22.6 Å². The third-order valence-corrected chi connectivity index (χ3v) is 4.66. The van der Waals surface area contributed by atoms with Gasteiger partial charge in [0.05, 0.1) is 24.1 Å². The molecule has 1 heterocycles. The van der Waals surface area contributed by atoms with Gasteiger partial charge >= 0.3 is 5.97 Å². The van der Waals surface area contributed by atoms with Gasteiger partial charge in [0.15, 0.2) is 0 Å². The largest absolute Gasteiger partial charge is 0.462 e. The molecule has 140 valence electrons. The van der Waals surface area contributed by atoms with Gasteiger partial charge < -0.3 is 9.64 Å². The van der Waals surface area contributed by atoms with E-state index in [2.05, 4.69) is 16.9 Å². The number of esters is 1. The first-order chi connectivity index (χ1) is 13.0. The average molecular weight is 384 g/mol. The van der Waals surface area contributed by atoms with Crippen LogP contribution in [-0.2, 0) is 11.3 Å². The second-order valence-corrected chi connectivity index (χ2v) is 6.70. The summed E-state index contributed by atoms with van der Waals surface area (Å²) in [5, 5.41) is 5.21. The summed E-state index contributed by atoms with van der Waals surface area (Å²) in [5.41, 5.74) is 4.75. The zero-order valence-corrected chi connectivity index (χ0v) is 16.4. The van der Waals surface area contributed by atoms with E-state index in [1.54, 1.807) is 19.1 Å². The van der Waals surface area contributed by atoms with Gasteiger partial charge in [0.25, 0.3) is 0 Å². The molecule has 0 aliphatic carbocycles. The standard InChI is InChI=1S/C21H22ClN3O2/c1-4-27-21(26)16-5-9-19(10-6-16)24(3)14-17-13-23-25(15(17)2)20-11-7-18(22)8-12-20/h5-13H,4,14H2,1-3H3. The number of ether oxygens (including phenoxy) is 1. The molecule has 0 amide bonds. The van der Waals surface area contributed by atoms with Crippen molar-refractivity contribution >= 4 is 23.3 Å². The Hall–Kier alpha value is -2.79. The highest BCUT2D eigenvalue weighted by atomic mass is 35.5. The van der Waals surface area contributed by atoms with Crippen LogP contribution in [0.1, 0.15) is 28.5 Å². The second kappa shape index (κ2) is 8.27. The summed E-state index contributed by atoms with van der Waals surface area (Å²) < 4.78 is 6.93. The molecule has 3 rings (SSSR count). The van der Waals surface area contributed by atoms with Crippen LogP contribution >= 0.6 is 11.6 Å². The van der Waals surface area contributed by atoms with Crippen LogP contribution in [0.2, 0.25) is 5.02 Å². The summed E-state index contributed by atoms with van der Waals surface area (Å²) in [6, 6.07) is 15.0. The van der Waals surface area contributed by atoms with Crippen LogP contribution in [0.25, 0.3) is 5.69 Å². The van der Waals surface area contributed by atoms with Crippen molar-refractivity contribution in [1.29, 1.82) is 0 Å². The molecule has 0 saturated heterocycles. The van der Waals surface area contributed by atoms with Gasteiger partial charge in [-0.25, -0.2) is 9.48 Å². The first-order valence-electron chi connectivity index (χ1n) is 8.77. The number of rotatable bonds is 6. The minimum atomic E-state index is -0.299. The molecular weight excluding hydrogens is 362 g/mol. The number of nitrogens with zero attached hydrogens (tertiary/aromatic N) is 3. The maximum atomic E-state index is 11.8. The fourth-order valence-electron chi connectivity index (χ4n) is 2.85. The van der Waals surface area contributed by atoms with Crippen LogP contribution in [-0.4, -0.2) is 29.4 Å². The van der Waals surface area contributed by atoms with Crippen molar-refractivity contribution in [3.63, 3.8) is 0 Å². The minimum Gasteiger partial charge on any atom is -0.462 e. The molecular formula is C21H22ClN3O2. The summed E-state index contributed by atoms with van der Waals surface area (Å²) in [6.45, 7) is 4.93. The van der Waals surface area contributed by atoms with Crippen LogP contribution in [0.15, 0.2) is 54.7 Å². The summed E-state index contributed by atoms with van der Waals surface area (Å²) in [7, 11) is 2.01. The summed E-state index contributed by atoms with van der Waals surface area (Å²) in [5.74, 6) is -0.299. The maximum absolute atomic E-state index is 11.8. The molecule has 0 fully saturated rings. The van der Waals surface area contributed by atoms with E-state index >= 15 is 0 Å². The van der Waals surface area contributed by atoms with E-state index in [-0.39, 0.29) is 5.97 Å². The Bertz CT molecular complexity index is 918. The monoisotopic (exact) mass is 383 g/mol. The molecule has 0 atom stereocenters. The first kappa shape index (κ1) is 19.0. The van der Waals surface area contributed by atoms with E-state index in [0.29, 0.717) is 23.7 Å². The Morgan fingerprint density at radius 3 is 2.44 bits per heavy atom. The molecule has 0 saturated carbocycles. The molecule has 3 aromatic rings. The molecule has 2 aromatic carbocycles. The molecule has 1 aromatic heterocycles. The minimum absolute atomic E-state index is 0.299. The molecule has 27 heavy (non-hydrogen) atoms. The average Bonchev–Trinajstić information content (AvgIpc) is 3.03. The first-order valence-corrected chi connectivity index (χ1v) is 9.15. The third kappa shape index (κ3) is 4.31. The highest BCUT2D eigenvalue weighted by molar-refractivity contribution is 6.30. The maximum Gasteiger partial charge on any atom is 0.338 e. The van der Waals surface area contributed by atoms with E-state index in [1.807, 2.05) is 54.3 Å². The lowest BCUT2D eigenvalue weighted by atomic mass is 10.2. The quantitative estimate of drug-likeness (QED) is 0.581. The van der Waals surface area contributed by atoms with Gasteiger partial charge in [-0.1, -0.05) is 11.6 Å². The van der Waals surface area contributed by atoms with Gasteiger partial charge in [0, 0.05) is 35.6 Å². The molecule has 0 spiro atoms. The Kier molecular flexibility index (Phi) is 5.81. The predicted molar refractivity (Wildman–Crippen MR) is 108 cm³/mol. The molecule has 0 aliphatic heterocycles. The van der Waals surface area contributed by atoms with Crippen LogP contribution in [0.5, 0.6) is 0 Å². The lowest BCUT2D eigenvalue weighted by Crippen LogP contribution is -2.17. The van der Waals surface area contributed by atoms with Crippen molar-refractivity contribution in [2.24, 2.45) is 0 Å². The number of benzene rings is 2. The number of carbonyl (C=O) groups excluding carboxylic acids is 1. The zero-order valence-electron chi connectivity index (χ0n) is 15.6. The van der Waals surface area contributed by atoms with Gasteiger partial charge in [-0.15, -0.1) is 0 Å². The van der Waals surface area contributed by atoms with Crippen LogP contribution in [0, 0.1) is 6.92 Å². The molecule has 0 N–H and O–H groups in total. The Labute approximate surface area is 164 Å². The highest BCUT2D eigenvalue weighted by Gasteiger charge is 2.12. The fourth-order valence-corrected chi connectivity index (χ4v) is 2.98. The lowest BCUT2D eigenvalue weighted by molar-refractivity contribution is 0.0526. The van der Waals surface area contributed by atoms with Crippen molar-refractivity contribution in [2.45, 2.75) is 20.4 Å². The Balaban J connectivity index is 1.73. The molecule has 0 unspecified atom stereocenters. The van der Waals surface area contributed by atoms with E-state index in [1.165, 1.54) is 0 Å². The second-order valence-electron chi connectivity index (χ2n) is 6.27. The molecule has 5 nitrogen and oxygen atoms in total.